The lowest BCUT2D eigenvalue weighted by molar-refractivity contribution is 0.0737. The molecule has 0 amide bonds. The van der Waals surface area contributed by atoms with E-state index in [9.17, 15) is 4.79 Å². The molecule has 0 radical (unpaired) electrons. The maximum atomic E-state index is 12.5. The normalized spacial score (nSPS) is 10.7. The van der Waals surface area contributed by atoms with Gasteiger partial charge in [0.2, 0.25) is 0 Å². The number of halogens is 1. The summed E-state index contributed by atoms with van der Waals surface area (Å²) >= 11 is 6.18. The van der Waals surface area contributed by atoms with Crippen LogP contribution in [-0.4, -0.2) is 11.0 Å². The quantitative estimate of drug-likeness (QED) is 0.344. The highest BCUT2D eigenvalue weighted by Gasteiger charge is 2.13. The van der Waals surface area contributed by atoms with Gasteiger partial charge in [0.1, 0.15) is 5.52 Å². The molecule has 26 heavy (non-hydrogen) atoms. The van der Waals surface area contributed by atoms with E-state index in [0.29, 0.717) is 21.9 Å². The number of aromatic nitrogens is 1. The van der Waals surface area contributed by atoms with Crippen molar-refractivity contribution in [2.45, 2.75) is 0 Å². The topological polar surface area (TPSA) is 39.2 Å². The molecule has 0 unspecified atom stereocenters. The summed E-state index contributed by atoms with van der Waals surface area (Å²) in [5.41, 5.74) is 3.18. The summed E-state index contributed by atoms with van der Waals surface area (Å²) in [5, 5.41) is 1.32. The van der Waals surface area contributed by atoms with Gasteiger partial charge >= 0.3 is 5.97 Å². The van der Waals surface area contributed by atoms with Crippen LogP contribution in [-0.2, 0) is 0 Å². The molecular formula is C22H14ClNO2. The van der Waals surface area contributed by atoms with E-state index in [4.69, 9.17) is 16.3 Å². The van der Waals surface area contributed by atoms with E-state index in [1.54, 1.807) is 36.5 Å². The zero-order valence-corrected chi connectivity index (χ0v) is 14.5. The number of pyridine rings is 1. The van der Waals surface area contributed by atoms with E-state index in [-0.39, 0.29) is 0 Å². The summed E-state index contributed by atoms with van der Waals surface area (Å²) in [6.45, 7) is 0. The minimum absolute atomic E-state index is 0.391. The first-order valence-corrected chi connectivity index (χ1v) is 8.51. The highest BCUT2D eigenvalue weighted by atomic mass is 35.5. The number of benzene rings is 3. The monoisotopic (exact) mass is 359 g/mol. The van der Waals surface area contributed by atoms with Gasteiger partial charge in [0, 0.05) is 11.6 Å². The van der Waals surface area contributed by atoms with Gasteiger partial charge in [0.05, 0.1) is 10.6 Å². The van der Waals surface area contributed by atoms with Crippen LogP contribution >= 0.6 is 11.6 Å². The van der Waals surface area contributed by atoms with Crippen molar-refractivity contribution in [1.82, 2.24) is 4.98 Å². The van der Waals surface area contributed by atoms with Crippen molar-refractivity contribution < 1.29 is 9.53 Å². The predicted octanol–water partition coefficient (Wildman–Crippen LogP) is 5.77. The van der Waals surface area contributed by atoms with Crippen molar-refractivity contribution in [1.29, 1.82) is 0 Å². The first-order chi connectivity index (χ1) is 12.7. The molecule has 0 saturated heterocycles. The number of fused-ring (bicyclic) bond motifs is 1. The molecule has 3 nitrogen and oxygen atoms in total. The Bertz CT molecular complexity index is 1080. The third-order valence-electron chi connectivity index (χ3n) is 4.11. The van der Waals surface area contributed by atoms with Crippen molar-refractivity contribution in [2.75, 3.05) is 0 Å². The summed E-state index contributed by atoms with van der Waals surface area (Å²) in [4.78, 5) is 16.8. The number of hydrogen-bond donors (Lipinski definition) is 0. The smallest absolute Gasteiger partial charge is 0.343 e. The second kappa shape index (κ2) is 6.98. The first kappa shape index (κ1) is 16.3. The van der Waals surface area contributed by atoms with E-state index in [1.807, 2.05) is 48.5 Å². The summed E-state index contributed by atoms with van der Waals surface area (Å²) in [6.07, 6.45) is 1.64. The molecule has 4 aromatic rings. The van der Waals surface area contributed by atoms with Crippen LogP contribution in [0.3, 0.4) is 0 Å². The van der Waals surface area contributed by atoms with Crippen molar-refractivity contribution in [2.24, 2.45) is 0 Å². The third kappa shape index (κ3) is 3.17. The summed E-state index contributed by atoms with van der Waals surface area (Å²) < 4.78 is 5.55. The SMILES string of the molecule is O=C(Oc1ccc(Cl)c2cccnc12)c1ccc(-c2ccccc2)cc1. The Hall–Kier alpha value is -3.17. The largest absolute Gasteiger partial charge is 0.421 e. The number of nitrogens with zero attached hydrogens (tertiary/aromatic N) is 1. The molecule has 0 aliphatic carbocycles. The lowest BCUT2D eigenvalue weighted by atomic mass is 10.0. The van der Waals surface area contributed by atoms with E-state index in [2.05, 4.69) is 4.98 Å². The van der Waals surface area contributed by atoms with Crippen LogP contribution in [0, 0.1) is 0 Å². The molecule has 0 spiro atoms. The molecule has 0 aliphatic heterocycles. The number of carbonyl (C=O) groups is 1. The maximum absolute atomic E-state index is 12.5. The zero-order chi connectivity index (χ0) is 17.9. The fraction of sp³-hybridized carbons (Fsp3) is 0. The van der Waals surface area contributed by atoms with Gasteiger partial charge in [-0.2, -0.15) is 0 Å². The molecule has 1 aromatic heterocycles. The zero-order valence-electron chi connectivity index (χ0n) is 13.7. The van der Waals surface area contributed by atoms with Gasteiger partial charge in [-0.1, -0.05) is 54.1 Å². The molecule has 0 atom stereocenters. The van der Waals surface area contributed by atoms with Crippen LogP contribution in [0.15, 0.2) is 85.1 Å². The molecule has 4 heteroatoms. The second-order valence-electron chi connectivity index (χ2n) is 5.78. The molecular weight excluding hydrogens is 346 g/mol. The molecule has 0 N–H and O–H groups in total. The average molecular weight is 360 g/mol. The van der Waals surface area contributed by atoms with Crippen molar-refractivity contribution in [3.63, 3.8) is 0 Å². The van der Waals surface area contributed by atoms with Crippen LogP contribution in [0.2, 0.25) is 5.02 Å². The Kier molecular flexibility index (Phi) is 4.38. The van der Waals surface area contributed by atoms with E-state index >= 15 is 0 Å². The van der Waals surface area contributed by atoms with Crippen molar-refractivity contribution in [3.05, 3.63) is 95.6 Å². The lowest BCUT2D eigenvalue weighted by Gasteiger charge is -2.09. The van der Waals surface area contributed by atoms with E-state index < -0.39 is 5.97 Å². The van der Waals surface area contributed by atoms with Gasteiger partial charge in [-0.15, -0.1) is 0 Å². The standard InChI is InChI=1S/C22H14ClNO2/c23-19-12-13-20(21-18(19)7-4-14-24-21)26-22(25)17-10-8-16(9-11-17)15-5-2-1-3-6-15/h1-14H. The third-order valence-corrected chi connectivity index (χ3v) is 4.44. The molecule has 0 bridgehead atoms. The van der Waals surface area contributed by atoms with Crippen LogP contribution in [0.4, 0.5) is 0 Å². The number of carbonyl (C=O) groups excluding carboxylic acids is 1. The molecule has 3 aromatic carbocycles. The molecule has 0 fully saturated rings. The fourth-order valence-corrected chi connectivity index (χ4v) is 3.00. The van der Waals surface area contributed by atoms with E-state index in [1.165, 1.54) is 0 Å². The van der Waals surface area contributed by atoms with Crippen LogP contribution < -0.4 is 4.74 Å². The number of rotatable bonds is 3. The maximum Gasteiger partial charge on any atom is 0.343 e. The Morgan fingerprint density at radius 1 is 0.808 bits per heavy atom. The van der Waals surface area contributed by atoms with Crippen LogP contribution in [0.1, 0.15) is 10.4 Å². The van der Waals surface area contributed by atoms with Gasteiger partial charge < -0.3 is 4.74 Å². The Morgan fingerprint density at radius 3 is 2.31 bits per heavy atom. The molecule has 0 saturated carbocycles. The molecule has 1 heterocycles. The average Bonchev–Trinajstić information content (AvgIpc) is 2.71. The predicted molar refractivity (Wildman–Crippen MR) is 104 cm³/mol. The number of esters is 1. The molecule has 0 aliphatic rings. The van der Waals surface area contributed by atoms with Gasteiger partial charge in [-0.25, -0.2) is 4.79 Å². The van der Waals surface area contributed by atoms with Gasteiger partial charge in [0.15, 0.2) is 5.75 Å². The van der Waals surface area contributed by atoms with Crippen LogP contribution in [0.25, 0.3) is 22.0 Å². The Labute approximate surface area is 155 Å². The van der Waals surface area contributed by atoms with Gasteiger partial charge in [-0.05, 0) is 47.5 Å². The van der Waals surface area contributed by atoms with Crippen molar-refractivity contribution >= 4 is 28.5 Å². The summed E-state index contributed by atoms with van der Waals surface area (Å²) in [6, 6.07) is 24.3. The highest BCUT2D eigenvalue weighted by molar-refractivity contribution is 6.35. The summed E-state index contributed by atoms with van der Waals surface area (Å²) in [7, 11) is 0. The number of hydrogen-bond acceptors (Lipinski definition) is 3. The minimum atomic E-state index is -0.432. The first-order valence-electron chi connectivity index (χ1n) is 8.13. The Balaban J connectivity index is 1.60. The highest BCUT2D eigenvalue weighted by Crippen LogP contribution is 2.30. The molecule has 4 rings (SSSR count). The second-order valence-corrected chi connectivity index (χ2v) is 6.19. The van der Waals surface area contributed by atoms with Crippen LogP contribution in [0.5, 0.6) is 5.75 Å². The van der Waals surface area contributed by atoms with Gasteiger partial charge in [0.25, 0.3) is 0 Å². The fourth-order valence-electron chi connectivity index (χ4n) is 2.78. The minimum Gasteiger partial charge on any atom is -0.421 e. The number of ether oxygens (including phenoxy) is 1. The van der Waals surface area contributed by atoms with E-state index in [0.717, 1.165) is 16.5 Å². The molecule has 126 valence electrons. The Morgan fingerprint density at radius 2 is 1.54 bits per heavy atom. The van der Waals surface area contributed by atoms with Crippen molar-refractivity contribution in [3.8, 4) is 16.9 Å². The van der Waals surface area contributed by atoms with Gasteiger partial charge in [-0.3, -0.25) is 4.98 Å². The summed E-state index contributed by atoms with van der Waals surface area (Å²) in [5.74, 6) is -0.0407. The lowest BCUT2D eigenvalue weighted by Crippen LogP contribution is -2.08.